The van der Waals surface area contributed by atoms with Crippen molar-refractivity contribution in [2.45, 2.75) is 6.42 Å². The first-order valence-electron chi connectivity index (χ1n) is 4.34. The van der Waals surface area contributed by atoms with E-state index in [-0.39, 0.29) is 0 Å². The lowest BCUT2D eigenvalue weighted by Gasteiger charge is -2.02. The van der Waals surface area contributed by atoms with Gasteiger partial charge in [-0.05, 0) is 17.7 Å². The molecule has 68 valence electrons. The van der Waals surface area contributed by atoms with Gasteiger partial charge in [0, 0.05) is 18.1 Å². The number of rotatable bonds is 2. The molecule has 3 heteroatoms. The minimum atomic E-state index is 0.447. The average molecular weight is 183 g/mol. The van der Waals surface area contributed by atoms with Crippen molar-refractivity contribution in [3.63, 3.8) is 0 Å². The zero-order valence-electron chi connectivity index (χ0n) is 7.59. The molecule has 0 bridgehead atoms. The van der Waals surface area contributed by atoms with Crippen molar-refractivity contribution in [3.8, 4) is 11.8 Å². The summed E-state index contributed by atoms with van der Waals surface area (Å²) in [6.07, 6.45) is 5.80. The maximum Gasteiger partial charge on any atom is 0.0991 e. The highest BCUT2D eigenvalue weighted by Crippen LogP contribution is 2.10. The molecule has 0 saturated heterocycles. The average Bonchev–Trinajstić information content (AvgIpc) is 2.71. The third kappa shape index (κ3) is 1.64. The number of hydrogen-bond acceptors (Lipinski definition) is 2. The number of nitrogens with zero attached hydrogens (tertiary/aromatic N) is 3. The van der Waals surface area contributed by atoms with Gasteiger partial charge in [-0.15, -0.1) is 0 Å². The van der Waals surface area contributed by atoms with E-state index >= 15 is 0 Å². The lowest BCUT2D eigenvalue weighted by molar-refractivity contribution is 1.05. The smallest absolute Gasteiger partial charge is 0.0991 e. The van der Waals surface area contributed by atoms with Crippen LogP contribution in [0.4, 0.5) is 0 Å². The van der Waals surface area contributed by atoms with Gasteiger partial charge in [-0.1, -0.05) is 12.1 Å². The summed E-state index contributed by atoms with van der Waals surface area (Å²) in [5.74, 6) is 0. The molecule has 1 heterocycles. The summed E-state index contributed by atoms with van der Waals surface area (Å²) in [6.45, 7) is 0. The van der Waals surface area contributed by atoms with Crippen LogP contribution in [0.25, 0.3) is 5.69 Å². The third-order valence-electron chi connectivity index (χ3n) is 2.00. The van der Waals surface area contributed by atoms with E-state index in [0.717, 1.165) is 11.3 Å². The molecule has 2 rings (SSSR count). The van der Waals surface area contributed by atoms with Gasteiger partial charge in [0.15, 0.2) is 0 Å². The van der Waals surface area contributed by atoms with Gasteiger partial charge < -0.3 is 4.57 Å². The molecule has 0 unspecified atom stereocenters. The number of nitriles is 1. The van der Waals surface area contributed by atoms with Gasteiger partial charge in [-0.25, -0.2) is 4.98 Å². The lowest BCUT2D eigenvalue weighted by Crippen LogP contribution is -1.91. The molecule has 0 aliphatic carbocycles. The third-order valence-corrected chi connectivity index (χ3v) is 2.00. The van der Waals surface area contributed by atoms with Crippen LogP contribution in [-0.4, -0.2) is 9.55 Å². The standard InChI is InChI=1S/C11H9N3/c12-5-4-10-2-1-3-11(8-10)14-7-6-13-9-14/h1-3,6-9H,4H2. The lowest BCUT2D eigenvalue weighted by atomic mass is 10.1. The van der Waals surface area contributed by atoms with Gasteiger partial charge in [0.1, 0.15) is 0 Å². The Balaban J connectivity index is 2.37. The molecule has 0 aliphatic heterocycles. The Labute approximate surface area is 82.2 Å². The number of imidazole rings is 1. The second kappa shape index (κ2) is 3.75. The van der Waals surface area contributed by atoms with Crippen molar-refractivity contribution in [2.75, 3.05) is 0 Å². The molecular weight excluding hydrogens is 174 g/mol. The summed E-state index contributed by atoms with van der Waals surface area (Å²) in [5.41, 5.74) is 2.06. The predicted octanol–water partition coefficient (Wildman–Crippen LogP) is 1.94. The van der Waals surface area contributed by atoms with Gasteiger partial charge >= 0.3 is 0 Å². The fraction of sp³-hybridized carbons (Fsp3) is 0.0909. The minimum absolute atomic E-state index is 0.447. The fourth-order valence-electron chi connectivity index (χ4n) is 1.33. The van der Waals surface area contributed by atoms with Crippen molar-refractivity contribution in [2.24, 2.45) is 0 Å². The quantitative estimate of drug-likeness (QED) is 0.713. The maximum atomic E-state index is 8.57. The molecule has 3 nitrogen and oxygen atoms in total. The van der Waals surface area contributed by atoms with Gasteiger partial charge in [0.25, 0.3) is 0 Å². The Hall–Kier alpha value is -2.08. The van der Waals surface area contributed by atoms with Crippen LogP contribution in [0.3, 0.4) is 0 Å². The minimum Gasteiger partial charge on any atom is -0.306 e. The van der Waals surface area contributed by atoms with Crippen LogP contribution in [-0.2, 0) is 6.42 Å². The van der Waals surface area contributed by atoms with Crippen LogP contribution in [0.1, 0.15) is 5.56 Å². The van der Waals surface area contributed by atoms with E-state index < -0.39 is 0 Å². The van der Waals surface area contributed by atoms with Gasteiger partial charge in [-0.3, -0.25) is 0 Å². The molecule has 0 fully saturated rings. The summed E-state index contributed by atoms with van der Waals surface area (Å²) in [7, 11) is 0. The first-order valence-corrected chi connectivity index (χ1v) is 4.34. The summed E-state index contributed by atoms with van der Waals surface area (Å²) in [4.78, 5) is 3.97. The van der Waals surface area contributed by atoms with Crippen LogP contribution in [0.5, 0.6) is 0 Å². The van der Waals surface area contributed by atoms with Crippen molar-refractivity contribution in [1.29, 1.82) is 5.26 Å². The van der Waals surface area contributed by atoms with Crippen LogP contribution in [0.2, 0.25) is 0 Å². The molecule has 1 aromatic carbocycles. The van der Waals surface area contributed by atoms with Crippen molar-refractivity contribution in [3.05, 3.63) is 48.5 Å². The largest absolute Gasteiger partial charge is 0.306 e. The first-order chi connectivity index (χ1) is 6.90. The van der Waals surface area contributed by atoms with Crippen molar-refractivity contribution in [1.82, 2.24) is 9.55 Å². The highest BCUT2D eigenvalue weighted by molar-refractivity contribution is 5.36. The Morgan fingerprint density at radius 2 is 2.36 bits per heavy atom. The monoisotopic (exact) mass is 183 g/mol. The molecule has 0 radical (unpaired) electrons. The Morgan fingerprint density at radius 1 is 1.43 bits per heavy atom. The van der Waals surface area contributed by atoms with Crippen molar-refractivity contribution >= 4 is 0 Å². The van der Waals surface area contributed by atoms with Crippen LogP contribution in [0.15, 0.2) is 43.0 Å². The molecule has 0 spiro atoms. The number of benzene rings is 1. The van der Waals surface area contributed by atoms with E-state index in [1.165, 1.54) is 0 Å². The van der Waals surface area contributed by atoms with Crippen LogP contribution in [0, 0.1) is 11.3 Å². The highest BCUT2D eigenvalue weighted by atomic mass is 15.0. The molecule has 0 aliphatic rings. The summed E-state index contributed by atoms with van der Waals surface area (Å²) in [6, 6.07) is 10.0. The zero-order chi connectivity index (χ0) is 9.80. The van der Waals surface area contributed by atoms with Crippen molar-refractivity contribution < 1.29 is 0 Å². The molecule has 0 amide bonds. The topological polar surface area (TPSA) is 41.6 Å². The Kier molecular flexibility index (Phi) is 2.28. The maximum absolute atomic E-state index is 8.57. The first kappa shape index (κ1) is 8.52. The second-order valence-electron chi connectivity index (χ2n) is 2.97. The molecule has 2 aromatic rings. The fourth-order valence-corrected chi connectivity index (χ4v) is 1.33. The molecule has 14 heavy (non-hydrogen) atoms. The Bertz CT molecular complexity index is 452. The van der Waals surface area contributed by atoms with Gasteiger partial charge in [0.2, 0.25) is 0 Å². The van der Waals surface area contributed by atoms with E-state index in [1.54, 1.807) is 12.5 Å². The van der Waals surface area contributed by atoms with Gasteiger partial charge in [0.05, 0.1) is 18.8 Å². The van der Waals surface area contributed by atoms with E-state index in [1.807, 2.05) is 35.0 Å². The SMILES string of the molecule is N#CCc1cccc(-n2ccnc2)c1. The molecule has 0 saturated carbocycles. The van der Waals surface area contributed by atoms with Crippen LogP contribution >= 0.6 is 0 Å². The molecular formula is C11H9N3. The molecule has 0 N–H and O–H groups in total. The predicted molar refractivity (Wildman–Crippen MR) is 52.9 cm³/mol. The number of aromatic nitrogens is 2. The van der Waals surface area contributed by atoms with E-state index in [2.05, 4.69) is 11.1 Å². The molecule has 0 atom stereocenters. The normalized spacial score (nSPS) is 9.64. The summed E-state index contributed by atoms with van der Waals surface area (Å²) < 4.78 is 1.92. The molecule has 1 aromatic heterocycles. The van der Waals surface area contributed by atoms with E-state index in [9.17, 15) is 0 Å². The summed E-state index contributed by atoms with van der Waals surface area (Å²) in [5, 5.41) is 8.57. The van der Waals surface area contributed by atoms with Crippen LogP contribution < -0.4 is 0 Å². The van der Waals surface area contributed by atoms with E-state index in [0.29, 0.717) is 6.42 Å². The Morgan fingerprint density at radius 3 is 3.07 bits per heavy atom. The highest BCUT2D eigenvalue weighted by Gasteiger charge is 1.96. The van der Waals surface area contributed by atoms with E-state index in [4.69, 9.17) is 5.26 Å². The number of hydrogen-bond donors (Lipinski definition) is 0. The summed E-state index contributed by atoms with van der Waals surface area (Å²) >= 11 is 0. The second-order valence-corrected chi connectivity index (χ2v) is 2.97. The zero-order valence-corrected chi connectivity index (χ0v) is 7.59. The van der Waals surface area contributed by atoms with Gasteiger partial charge in [-0.2, -0.15) is 5.26 Å².